The maximum Gasteiger partial charge on any atom is 0.417 e. The van der Waals surface area contributed by atoms with Gasteiger partial charge in [-0.1, -0.05) is 0 Å². The van der Waals surface area contributed by atoms with Gasteiger partial charge >= 0.3 is 6.18 Å². The molecular formula is C19H22F3N3O3S. The summed E-state index contributed by atoms with van der Waals surface area (Å²) in [5, 5.41) is 8.00. The van der Waals surface area contributed by atoms with E-state index in [1.807, 2.05) is 24.3 Å². The summed E-state index contributed by atoms with van der Waals surface area (Å²) in [6.07, 6.45) is -3.37. The minimum absolute atomic E-state index is 0.0223. The number of benzene rings is 2. The Kier molecular flexibility index (Phi) is 5.95. The molecule has 3 N–H and O–H groups in total. The summed E-state index contributed by atoms with van der Waals surface area (Å²) < 4.78 is 67.9. The van der Waals surface area contributed by atoms with Gasteiger partial charge < -0.3 is 15.0 Å². The number of nitrogens with one attached hydrogen (secondary N) is 1. The lowest BCUT2D eigenvalue weighted by Crippen LogP contribution is -2.39. The molecule has 10 heteroatoms. The molecule has 2 aromatic rings. The molecule has 6 nitrogen and oxygen atoms in total. The second-order valence-electron chi connectivity index (χ2n) is 6.86. The molecule has 0 spiro atoms. The fourth-order valence-electron chi connectivity index (χ4n) is 3.40. The van der Waals surface area contributed by atoms with Gasteiger partial charge in [-0.15, -0.1) is 0 Å². The van der Waals surface area contributed by atoms with E-state index < -0.39 is 26.7 Å². The van der Waals surface area contributed by atoms with Crippen LogP contribution in [0.2, 0.25) is 0 Å². The molecule has 2 aromatic carbocycles. The van der Waals surface area contributed by atoms with Gasteiger partial charge in [0.2, 0.25) is 10.0 Å². The highest BCUT2D eigenvalue weighted by atomic mass is 32.2. The first-order valence-corrected chi connectivity index (χ1v) is 10.5. The van der Waals surface area contributed by atoms with E-state index in [2.05, 4.69) is 10.2 Å². The lowest BCUT2D eigenvalue weighted by Gasteiger charge is -2.34. The second kappa shape index (κ2) is 8.11. The summed E-state index contributed by atoms with van der Waals surface area (Å²) in [6, 6.07) is 10.7. The molecule has 1 saturated heterocycles. The number of rotatable bonds is 5. The molecule has 0 amide bonds. The van der Waals surface area contributed by atoms with Crippen molar-refractivity contribution in [1.82, 2.24) is 0 Å². The van der Waals surface area contributed by atoms with Gasteiger partial charge in [0.05, 0.1) is 17.6 Å². The lowest BCUT2D eigenvalue weighted by atomic mass is 10.0. The average Bonchev–Trinajstić information content (AvgIpc) is 2.67. The van der Waals surface area contributed by atoms with E-state index in [4.69, 9.17) is 9.88 Å². The van der Waals surface area contributed by atoms with Gasteiger partial charge in [0, 0.05) is 30.5 Å². The topological polar surface area (TPSA) is 84.7 Å². The van der Waals surface area contributed by atoms with Gasteiger partial charge in [0.15, 0.2) is 0 Å². The van der Waals surface area contributed by atoms with Crippen molar-refractivity contribution in [3.05, 3.63) is 48.0 Å². The predicted molar refractivity (Wildman–Crippen MR) is 105 cm³/mol. The summed E-state index contributed by atoms with van der Waals surface area (Å²) in [5.41, 5.74) is 0.00871. The largest absolute Gasteiger partial charge is 0.497 e. The summed E-state index contributed by atoms with van der Waals surface area (Å²) in [5.74, 6) is 0.772. The fraction of sp³-hybridized carbons (Fsp3) is 0.368. The van der Waals surface area contributed by atoms with E-state index in [1.54, 1.807) is 7.11 Å². The Balaban J connectivity index is 1.68. The van der Waals surface area contributed by atoms with Crippen LogP contribution in [0.5, 0.6) is 5.75 Å². The Morgan fingerprint density at radius 1 is 1.10 bits per heavy atom. The Morgan fingerprint density at radius 2 is 1.72 bits per heavy atom. The molecule has 0 aromatic heterocycles. The molecule has 29 heavy (non-hydrogen) atoms. The molecule has 3 rings (SSSR count). The number of anilines is 2. The third-order valence-electron chi connectivity index (χ3n) is 4.89. The quantitative estimate of drug-likeness (QED) is 0.761. The highest BCUT2D eigenvalue weighted by Gasteiger charge is 2.36. The number of ether oxygens (including phenoxy) is 1. The van der Waals surface area contributed by atoms with E-state index in [0.29, 0.717) is 0 Å². The first-order chi connectivity index (χ1) is 13.6. The monoisotopic (exact) mass is 429 g/mol. The highest BCUT2D eigenvalue weighted by Crippen LogP contribution is 2.36. The maximum absolute atomic E-state index is 13.3. The zero-order valence-electron chi connectivity index (χ0n) is 15.7. The molecule has 0 radical (unpaired) electrons. The molecule has 0 saturated carbocycles. The van der Waals surface area contributed by atoms with Crippen LogP contribution >= 0.6 is 0 Å². The van der Waals surface area contributed by atoms with E-state index in [1.165, 1.54) is 6.07 Å². The molecule has 1 heterocycles. The van der Waals surface area contributed by atoms with E-state index in [9.17, 15) is 21.6 Å². The zero-order valence-corrected chi connectivity index (χ0v) is 16.6. The molecule has 0 atom stereocenters. The van der Waals surface area contributed by atoms with Crippen LogP contribution in [-0.4, -0.2) is 34.7 Å². The van der Waals surface area contributed by atoms with Crippen LogP contribution in [0.1, 0.15) is 18.4 Å². The average molecular weight is 429 g/mol. The predicted octanol–water partition coefficient (Wildman–Crippen LogP) is 3.44. The van der Waals surface area contributed by atoms with Crippen LogP contribution < -0.4 is 20.1 Å². The Labute approximate surface area is 167 Å². The van der Waals surface area contributed by atoms with Crippen molar-refractivity contribution in [1.29, 1.82) is 0 Å². The smallest absolute Gasteiger partial charge is 0.417 e. The lowest BCUT2D eigenvalue weighted by molar-refractivity contribution is -0.139. The number of methoxy groups -OCH3 is 1. The number of primary sulfonamides is 1. The number of hydrogen-bond donors (Lipinski definition) is 2. The van der Waals surface area contributed by atoms with Crippen molar-refractivity contribution in [3.63, 3.8) is 0 Å². The molecule has 1 aliphatic heterocycles. The summed E-state index contributed by atoms with van der Waals surface area (Å²) in [6.45, 7) is 1.48. The molecule has 1 fully saturated rings. The van der Waals surface area contributed by atoms with Crippen molar-refractivity contribution in [2.45, 2.75) is 30.0 Å². The number of hydrogen-bond acceptors (Lipinski definition) is 5. The Bertz CT molecular complexity index is 955. The Morgan fingerprint density at radius 3 is 2.24 bits per heavy atom. The van der Waals surface area contributed by atoms with Gasteiger partial charge in [-0.3, -0.25) is 0 Å². The van der Waals surface area contributed by atoms with Gasteiger partial charge in [-0.05, 0) is 55.3 Å². The molecule has 0 aliphatic carbocycles. The second-order valence-corrected chi connectivity index (χ2v) is 8.39. The van der Waals surface area contributed by atoms with E-state index in [0.717, 1.165) is 49.5 Å². The first kappa shape index (κ1) is 21.3. The standard InChI is InChI=1S/C19H22F3N3O3S/c1-28-16-5-3-15(4-6-16)25-10-8-13(9-11-25)24-14-2-7-18(29(23,26)27)17(12-14)19(20,21)22/h2-7,12-13,24H,8-11H2,1H3,(H2,23,26,27). The van der Waals surface area contributed by atoms with Crippen LogP contribution in [0.25, 0.3) is 0 Å². The number of sulfonamides is 1. The van der Waals surface area contributed by atoms with Gasteiger partial charge in [0.25, 0.3) is 0 Å². The van der Waals surface area contributed by atoms with Crippen molar-refractivity contribution >= 4 is 21.4 Å². The summed E-state index contributed by atoms with van der Waals surface area (Å²) >= 11 is 0. The van der Waals surface area contributed by atoms with Crippen LogP contribution in [-0.2, 0) is 16.2 Å². The minimum Gasteiger partial charge on any atom is -0.497 e. The summed E-state index contributed by atoms with van der Waals surface area (Å²) in [4.78, 5) is 1.27. The number of nitrogens with two attached hydrogens (primary N) is 1. The molecule has 0 bridgehead atoms. The fourth-order valence-corrected chi connectivity index (χ4v) is 4.14. The van der Waals surface area contributed by atoms with Crippen LogP contribution in [0, 0.1) is 0 Å². The number of alkyl halides is 3. The van der Waals surface area contributed by atoms with Crippen molar-refractivity contribution in [3.8, 4) is 5.75 Å². The van der Waals surface area contributed by atoms with Crippen molar-refractivity contribution in [2.75, 3.05) is 30.4 Å². The molecule has 1 aliphatic rings. The normalized spacial score (nSPS) is 16.0. The molecular weight excluding hydrogens is 407 g/mol. The highest BCUT2D eigenvalue weighted by molar-refractivity contribution is 7.89. The number of piperidine rings is 1. The van der Waals surface area contributed by atoms with Gasteiger partial charge in [-0.2, -0.15) is 13.2 Å². The third-order valence-corrected chi connectivity index (χ3v) is 5.86. The Hall–Kier alpha value is -2.46. The minimum atomic E-state index is -4.82. The third kappa shape index (κ3) is 5.13. The first-order valence-electron chi connectivity index (χ1n) is 8.97. The van der Waals surface area contributed by atoms with E-state index >= 15 is 0 Å². The van der Waals surface area contributed by atoms with Crippen LogP contribution in [0.15, 0.2) is 47.4 Å². The van der Waals surface area contributed by atoms with Gasteiger partial charge in [0.1, 0.15) is 5.75 Å². The van der Waals surface area contributed by atoms with Gasteiger partial charge in [-0.25, -0.2) is 13.6 Å². The van der Waals surface area contributed by atoms with Crippen LogP contribution in [0.3, 0.4) is 0 Å². The van der Waals surface area contributed by atoms with Crippen LogP contribution in [0.4, 0.5) is 24.5 Å². The van der Waals surface area contributed by atoms with Crippen molar-refractivity contribution in [2.24, 2.45) is 5.14 Å². The maximum atomic E-state index is 13.3. The summed E-state index contributed by atoms with van der Waals surface area (Å²) in [7, 11) is -2.87. The number of halogens is 3. The molecule has 158 valence electrons. The number of nitrogens with zero attached hydrogens (tertiary/aromatic N) is 1. The molecule has 0 unspecified atom stereocenters. The zero-order chi connectivity index (χ0) is 21.2. The van der Waals surface area contributed by atoms with E-state index in [-0.39, 0.29) is 11.7 Å². The SMILES string of the molecule is COc1ccc(N2CCC(Nc3ccc(S(N)(=O)=O)c(C(F)(F)F)c3)CC2)cc1. The van der Waals surface area contributed by atoms with Crippen molar-refractivity contribution < 1.29 is 26.3 Å².